The zero-order valence-corrected chi connectivity index (χ0v) is 17.4. The maximum atomic E-state index is 12.9. The number of benzene rings is 2. The first kappa shape index (κ1) is 20.9. The van der Waals surface area contributed by atoms with Gasteiger partial charge in [-0.3, -0.25) is 25.0 Å². The molecule has 0 aliphatic carbocycles. The predicted octanol–water partition coefficient (Wildman–Crippen LogP) is 3.10. The summed E-state index contributed by atoms with van der Waals surface area (Å²) in [5.74, 6) is 0. The highest BCUT2D eigenvalue weighted by Gasteiger charge is 2.17. The summed E-state index contributed by atoms with van der Waals surface area (Å²) < 4.78 is 3.28. The Bertz CT molecular complexity index is 1200. The monoisotopic (exact) mass is 424 g/mol. The number of para-hydroxylation sites is 1. The van der Waals surface area contributed by atoms with Gasteiger partial charge < -0.3 is 5.32 Å². The van der Waals surface area contributed by atoms with Gasteiger partial charge in [0.1, 0.15) is 5.69 Å². The maximum absolute atomic E-state index is 12.9. The highest BCUT2D eigenvalue weighted by Crippen LogP contribution is 2.15. The molecule has 154 valence electrons. The molecule has 1 aromatic heterocycles. The van der Waals surface area contributed by atoms with E-state index in [9.17, 15) is 14.9 Å². The zero-order chi connectivity index (χ0) is 21.8. The van der Waals surface area contributed by atoms with E-state index in [1.807, 2.05) is 37.3 Å². The third-order valence-corrected chi connectivity index (χ3v) is 4.79. The number of hydrogen-bond acceptors (Lipinski definition) is 5. The minimum absolute atomic E-state index is 0.0240. The molecule has 0 saturated carbocycles. The summed E-state index contributed by atoms with van der Waals surface area (Å²) in [7, 11) is 1.79. The van der Waals surface area contributed by atoms with Crippen LogP contribution in [0, 0.1) is 17.0 Å². The Morgan fingerprint density at radius 2 is 1.87 bits per heavy atom. The van der Waals surface area contributed by atoms with E-state index in [2.05, 4.69) is 15.8 Å². The van der Waals surface area contributed by atoms with Crippen LogP contribution in [0.5, 0.6) is 0 Å². The predicted molar refractivity (Wildman–Crippen MR) is 120 cm³/mol. The van der Waals surface area contributed by atoms with E-state index < -0.39 is 4.92 Å². The van der Waals surface area contributed by atoms with Crippen molar-refractivity contribution in [3.05, 3.63) is 86.3 Å². The minimum Gasteiger partial charge on any atom is -0.325 e. The van der Waals surface area contributed by atoms with Gasteiger partial charge in [0.25, 0.3) is 11.2 Å². The van der Waals surface area contributed by atoms with Crippen molar-refractivity contribution in [2.45, 2.75) is 13.8 Å². The van der Waals surface area contributed by atoms with E-state index >= 15 is 0 Å². The summed E-state index contributed by atoms with van der Waals surface area (Å²) in [6.45, 7) is 3.51. The summed E-state index contributed by atoms with van der Waals surface area (Å²) in [4.78, 5) is 23.4. The lowest BCUT2D eigenvalue weighted by Gasteiger charge is -2.07. The van der Waals surface area contributed by atoms with Crippen molar-refractivity contribution in [3.63, 3.8) is 0 Å². The van der Waals surface area contributed by atoms with Crippen LogP contribution in [-0.2, 0) is 7.05 Å². The quantitative estimate of drug-likeness (QED) is 0.282. The first-order valence-corrected chi connectivity index (χ1v) is 9.40. The van der Waals surface area contributed by atoms with Crippen molar-refractivity contribution < 1.29 is 4.92 Å². The van der Waals surface area contributed by atoms with Crippen LogP contribution in [0.1, 0.15) is 18.2 Å². The fraction of sp³-hybridized carbons (Fsp3) is 0.150. The molecule has 0 aliphatic rings. The second-order valence-corrected chi connectivity index (χ2v) is 6.92. The first-order valence-electron chi connectivity index (χ1n) is 8.99. The van der Waals surface area contributed by atoms with Gasteiger partial charge in [0.05, 0.1) is 22.0 Å². The Balaban J connectivity index is 1.79. The molecule has 0 bridgehead atoms. The van der Waals surface area contributed by atoms with Crippen LogP contribution in [0.25, 0.3) is 5.69 Å². The van der Waals surface area contributed by atoms with Gasteiger partial charge in [-0.25, -0.2) is 4.68 Å². The molecule has 1 heterocycles. The number of anilines is 1. The van der Waals surface area contributed by atoms with Gasteiger partial charge in [0.2, 0.25) is 0 Å². The lowest BCUT2D eigenvalue weighted by Crippen LogP contribution is -2.28. The Hall–Kier alpha value is -3.79. The number of nitro benzene ring substituents is 1. The van der Waals surface area contributed by atoms with Crippen LogP contribution in [-0.4, -0.2) is 25.1 Å². The van der Waals surface area contributed by atoms with Gasteiger partial charge in [0, 0.05) is 24.7 Å². The Morgan fingerprint density at radius 3 is 2.53 bits per heavy atom. The molecular weight excluding hydrogens is 404 g/mol. The van der Waals surface area contributed by atoms with Crippen molar-refractivity contribution >= 4 is 34.4 Å². The highest BCUT2D eigenvalue weighted by atomic mass is 32.1. The number of nitrogens with one attached hydrogen (secondary N) is 2. The van der Waals surface area contributed by atoms with Gasteiger partial charge in [-0.1, -0.05) is 30.3 Å². The number of non-ortho nitro benzene ring substituents is 1. The lowest BCUT2D eigenvalue weighted by atomic mass is 10.1. The molecule has 0 fully saturated rings. The minimum atomic E-state index is -0.466. The maximum Gasteiger partial charge on any atom is 0.295 e. The van der Waals surface area contributed by atoms with Gasteiger partial charge in [0.15, 0.2) is 5.11 Å². The number of thiocarbonyl (C=S) groups is 1. The average molecular weight is 424 g/mol. The summed E-state index contributed by atoms with van der Waals surface area (Å²) in [6, 6.07) is 15.4. The average Bonchev–Trinajstić information content (AvgIpc) is 2.95. The summed E-state index contributed by atoms with van der Waals surface area (Å²) in [6.07, 6.45) is 0. The molecule has 2 aromatic carbocycles. The molecule has 0 radical (unpaired) electrons. The normalized spacial score (nSPS) is 11.2. The molecule has 0 amide bonds. The molecule has 0 saturated heterocycles. The molecule has 0 spiro atoms. The molecule has 10 heteroatoms. The molecule has 0 atom stereocenters. The third kappa shape index (κ3) is 4.28. The van der Waals surface area contributed by atoms with E-state index in [1.165, 1.54) is 16.8 Å². The van der Waals surface area contributed by atoms with Gasteiger partial charge in [-0.15, -0.1) is 0 Å². The number of nitrogens with zero attached hydrogens (tertiary/aromatic N) is 4. The molecule has 0 aliphatic heterocycles. The molecule has 9 nitrogen and oxygen atoms in total. The van der Waals surface area contributed by atoms with Crippen LogP contribution < -0.4 is 16.3 Å². The van der Waals surface area contributed by atoms with E-state index in [0.717, 1.165) is 5.69 Å². The Kier molecular flexibility index (Phi) is 6.07. The van der Waals surface area contributed by atoms with Crippen molar-refractivity contribution in [3.8, 4) is 5.69 Å². The fourth-order valence-electron chi connectivity index (χ4n) is 2.90. The first-order chi connectivity index (χ1) is 14.3. The summed E-state index contributed by atoms with van der Waals surface area (Å²) >= 11 is 5.27. The lowest BCUT2D eigenvalue weighted by molar-refractivity contribution is -0.384. The summed E-state index contributed by atoms with van der Waals surface area (Å²) in [5, 5.41) is 18.1. The number of rotatable bonds is 5. The standard InChI is InChI=1S/C20H20N6O3S/c1-13(15-8-7-11-17(12-15)26(28)29)22-23-20(30)21-18-14(2)24(3)25(19(18)27)16-9-5-4-6-10-16/h4-12H,1-3H3,(H2,21,23,30). The number of aromatic nitrogens is 2. The third-order valence-electron chi connectivity index (χ3n) is 4.59. The highest BCUT2D eigenvalue weighted by molar-refractivity contribution is 7.80. The number of hydrazone groups is 1. The molecule has 30 heavy (non-hydrogen) atoms. The van der Waals surface area contributed by atoms with Crippen molar-refractivity contribution in [1.82, 2.24) is 14.8 Å². The van der Waals surface area contributed by atoms with Crippen LogP contribution in [0.2, 0.25) is 0 Å². The topological polar surface area (TPSA) is 106 Å². The molecule has 3 aromatic rings. The van der Waals surface area contributed by atoms with Gasteiger partial charge in [-0.2, -0.15) is 5.10 Å². The van der Waals surface area contributed by atoms with Gasteiger partial charge in [-0.05, 0) is 38.2 Å². The SMILES string of the molecule is CC(=NNC(=S)Nc1c(C)n(C)n(-c2ccccc2)c1=O)c1cccc([N+](=O)[O-])c1. The van der Waals surface area contributed by atoms with Crippen molar-refractivity contribution in [2.75, 3.05) is 5.32 Å². The molecule has 0 unspecified atom stereocenters. The zero-order valence-electron chi connectivity index (χ0n) is 16.6. The molecular formula is C20H20N6O3S. The smallest absolute Gasteiger partial charge is 0.295 e. The van der Waals surface area contributed by atoms with E-state index in [0.29, 0.717) is 22.7 Å². The largest absolute Gasteiger partial charge is 0.325 e. The fourth-order valence-corrected chi connectivity index (χ4v) is 3.05. The number of hydrogen-bond donors (Lipinski definition) is 2. The molecule has 2 N–H and O–H groups in total. The van der Waals surface area contributed by atoms with E-state index in [4.69, 9.17) is 12.2 Å². The number of nitro groups is 1. The Labute approximate surface area is 177 Å². The second kappa shape index (κ2) is 8.70. The van der Waals surface area contributed by atoms with Crippen LogP contribution in [0.4, 0.5) is 11.4 Å². The van der Waals surface area contributed by atoms with Gasteiger partial charge >= 0.3 is 0 Å². The van der Waals surface area contributed by atoms with Crippen molar-refractivity contribution in [1.29, 1.82) is 0 Å². The Morgan fingerprint density at radius 1 is 1.17 bits per heavy atom. The van der Waals surface area contributed by atoms with Crippen LogP contribution in [0.15, 0.2) is 64.5 Å². The van der Waals surface area contributed by atoms with E-state index in [-0.39, 0.29) is 16.4 Å². The second-order valence-electron chi connectivity index (χ2n) is 6.51. The van der Waals surface area contributed by atoms with E-state index in [1.54, 1.807) is 30.8 Å². The van der Waals surface area contributed by atoms with Crippen molar-refractivity contribution in [2.24, 2.45) is 12.1 Å². The van der Waals surface area contributed by atoms with Crippen LogP contribution >= 0.6 is 12.2 Å². The molecule has 3 rings (SSSR count). The summed E-state index contributed by atoms with van der Waals surface area (Å²) in [5.41, 5.74) is 5.28. The van der Waals surface area contributed by atoms with Crippen LogP contribution in [0.3, 0.4) is 0 Å².